The van der Waals surface area contributed by atoms with Gasteiger partial charge in [-0.1, -0.05) is 29.8 Å². The third kappa shape index (κ3) is 6.15. The van der Waals surface area contributed by atoms with E-state index in [0.29, 0.717) is 38.1 Å². The van der Waals surface area contributed by atoms with E-state index in [2.05, 4.69) is 0 Å². The number of carbonyl (C=O) groups is 2. The number of hydrogen-bond donors (Lipinski definition) is 1. The van der Waals surface area contributed by atoms with Crippen molar-refractivity contribution < 1.29 is 32.6 Å². The van der Waals surface area contributed by atoms with E-state index in [1.54, 1.807) is 24.3 Å². The number of halogens is 4. The number of carboxylic acid groups (broad SMARTS) is 1. The van der Waals surface area contributed by atoms with Gasteiger partial charge in [0.05, 0.1) is 10.4 Å². The summed E-state index contributed by atoms with van der Waals surface area (Å²) >= 11 is 7.50. The van der Waals surface area contributed by atoms with Gasteiger partial charge in [0.2, 0.25) is 0 Å². The lowest BCUT2D eigenvalue weighted by Gasteiger charge is -2.21. The minimum atomic E-state index is -4.40. The number of ketones is 1. The third-order valence-electron chi connectivity index (χ3n) is 4.91. The number of aryl methyl sites for hydroxylation is 1. The Morgan fingerprint density at radius 3 is 2.27 bits per heavy atom. The number of hydrogen-bond acceptors (Lipinski definition) is 4. The first-order valence-corrected chi connectivity index (χ1v) is 11.1. The van der Waals surface area contributed by atoms with Gasteiger partial charge < -0.3 is 9.84 Å². The maximum absolute atomic E-state index is 12.7. The fraction of sp³-hybridized carbons (Fsp3) is 0.250. The zero-order chi connectivity index (χ0) is 24.4. The molecule has 1 N–H and O–H groups in total. The molecule has 0 unspecified atom stereocenters. The first-order valence-electron chi connectivity index (χ1n) is 9.88. The zero-order valence-corrected chi connectivity index (χ0v) is 19.3. The highest BCUT2D eigenvalue weighted by molar-refractivity contribution is 7.17. The molecule has 0 aliphatic carbocycles. The van der Waals surface area contributed by atoms with E-state index in [-0.39, 0.29) is 12.2 Å². The lowest BCUT2D eigenvalue weighted by molar-refractivity contribution is -0.152. The lowest BCUT2D eigenvalue weighted by Crippen LogP contribution is -2.37. The molecule has 3 rings (SSSR count). The van der Waals surface area contributed by atoms with Crippen LogP contribution in [0.1, 0.15) is 41.1 Å². The van der Waals surface area contributed by atoms with Crippen molar-refractivity contribution in [2.75, 3.05) is 0 Å². The van der Waals surface area contributed by atoms with Gasteiger partial charge in [0.1, 0.15) is 5.75 Å². The molecule has 2 aromatic carbocycles. The lowest BCUT2D eigenvalue weighted by atomic mass is 10.1. The molecule has 3 aromatic rings. The molecular weight excluding hydrogens is 477 g/mol. The number of carbonyl (C=O) groups excluding carboxylic acids is 1. The van der Waals surface area contributed by atoms with Crippen molar-refractivity contribution in [1.29, 1.82) is 0 Å². The van der Waals surface area contributed by atoms with E-state index in [1.165, 1.54) is 43.4 Å². The summed E-state index contributed by atoms with van der Waals surface area (Å²) in [5, 5.41) is 9.52. The van der Waals surface area contributed by atoms with Gasteiger partial charge in [-0.25, -0.2) is 4.79 Å². The molecule has 0 amide bonds. The van der Waals surface area contributed by atoms with Crippen LogP contribution in [-0.2, 0) is 17.4 Å². The minimum Gasteiger partial charge on any atom is -0.478 e. The summed E-state index contributed by atoms with van der Waals surface area (Å²) in [6.45, 7) is 2.85. The Morgan fingerprint density at radius 1 is 1.03 bits per heavy atom. The normalized spacial score (nSPS) is 11.9. The van der Waals surface area contributed by atoms with Gasteiger partial charge in [-0.05, 0) is 67.8 Å². The van der Waals surface area contributed by atoms with E-state index >= 15 is 0 Å². The van der Waals surface area contributed by atoms with Gasteiger partial charge in [0.25, 0.3) is 0 Å². The number of benzene rings is 2. The fourth-order valence-electron chi connectivity index (χ4n) is 2.97. The van der Waals surface area contributed by atoms with Crippen LogP contribution in [0.3, 0.4) is 0 Å². The number of aliphatic carboxylic acids is 1. The van der Waals surface area contributed by atoms with Crippen molar-refractivity contribution in [3.8, 4) is 16.2 Å². The standard InChI is InChI=1S/C24H20ClF3O4S/c1-23(2,22(30)31)32-17-9-5-14(18(25)13-17)6-10-19(29)21-12-11-20(33-21)15-3-7-16(8-4-15)24(26,27)28/h3-5,7-9,11-13H,6,10H2,1-2H3,(H,30,31). The number of carboxylic acids is 1. The Kier molecular flexibility index (Phi) is 7.19. The summed E-state index contributed by atoms with van der Waals surface area (Å²) in [7, 11) is 0. The van der Waals surface area contributed by atoms with E-state index in [1.807, 2.05) is 0 Å². The second-order valence-corrected chi connectivity index (χ2v) is 9.32. The molecule has 1 heterocycles. The molecule has 0 fully saturated rings. The van der Waals surface area contributed by atoms with Gasteiger partial charge in [0, 0.05) is 16.3 Å². The minimum absolute atomic E-state index is 0.110. The Labute approximate surface area is 197 Å². The predicted octanol–water partition coefficient (Wildman–Crippen LogP) is 7.14. The molecule has 1 aromatic heterocycles. The highest BCUT2D eigenvalue weighted by atomic mass is 35.5. The van der Waals surface area contributed by atoms with Crippen LogP contribution in [0.25, 0.3) is 10.4 Å². The summed E-state index contributed by atoms with van der Waals surface area (Å²) in [6.07, 6.45) is -3.84. The smallest absolute Gasteiger partial charge is 0.416 e. The van der Waals surface area contributed by atoms with E-state index in [0.717, 1.165) is 12.1 Å². The number of rotatable bonds is 8. The Bertz CT molecular complexity index is 1170. The van der Waals surface area contributed by atoms with Crippen LogP contribution < -0.4 is 4.74 Å². The highest BCUT2D eigenvalue weighted by Gasteiger charge is 2.30. The van der Waals surface area contributed by atoms with Crippen LogP contribution in [0.2, 0.25) is 5.02 Å². The summed E-state index contributed by atoms with van der Waals surface area (Å²) < 4.78 is 43.6. The van der Waals surface area contributed by atoms with E-state index < -0.39 is 23.3 Å². The van der Waals surface area contributed by atoms with Gasteiger partial charge >= 0.3 is 12.1 Å². The molecule has 0 radical (unpaired) electrons. The quantitative estimate of drug-likeness (QED) is 0.336. The third-order valence-corrected chi connectivity index (χ3v) is 6.44. The van der Waals surface area contributed by atoms with Crippen molar-refractivity contribution in [3.63, 3.8) is 0 Å². The zero-order valence-electron chi connectivity index (χ0n) is 17.7. The average molecular weight is 497 g/mol. The first kappa shape index (κ1) is 24.8. The van der Waals surface area contributed by atoms with Gasteiger partial charge in [-0.15, -0.1) is 11.3 Å². The van der Waals surface area contributed by atoms with Gasteiger partial charge in [0.15, 0.2) is 11.4 Å². The highest BCUT2D eigenvalue weighted by Crippen LogP contribution is 2.34. The predicted molar refractivity (Wildman–Crippen MR) is 121 cm³/mol. The van der Waals surface area contributed by atoms with Crippen LogP contribution in [0.5, 0.6) is 5.75 Å². The molecule has 0 bridgehead atoms. The second kappa shape index (κ2) is 9.57. The summed E-state index contributed by atoms with van der Waals surface area (Å²) in [5.41, 5.74) is -0.816. The molecule has 4 nitrogen and oxygen atoms in total. The van der Waals surface area contributed by atoms with Crippen LogP contribution in [0.4, 0.5) is 13.2 Å². The van der Waals surface area contributed by atoms with Crippen molar-refractivity contribution in [3.05, 3.63) is 75.6 Å². The SMILES string of the molecule is CC(C)(Oc1ccc(CCC(=O)c2ccc(-c3ccc(C(F)(F)F)cc3)s2)c(Cl)c1)C(=O)O. The fourth-order valence-corrected chi connectivity index (χ4v) is 4.21. The number of ether oxygens (including phenoxy) is 1. The molecule has 9 heteroatoms. The number of alkyl halides is 3. The first-order chi connectivity index (χ1) is 15.4. The average Bonchev–Trinajstić information content (AvgIpc) is 3.22. The Hall–Kier alpha value is -2.84. The molecular formula is C24H20ClF3O4S. The van der Waals surface area contributed by atoms with Gasteiger partial charge in [-0.2, -0.15) is 13.2 Å². The topological polar surface area (TPSA) is 63.6 Å². The molecule has 174 valence electrons. The van der Waals surface area contributed by atoms with Crippen LogP contribution >= 0.6 is 22.9 Å². The molecule has 0 saturated heterocycles. The largest absolute Gasteiger partial charge is 0.478 e. The monoisotopic (exact) mass is 496 g/mol. The maximum Gasteiger partial charge on any atom is 0.416 e. The maximum atomic E-state index is 12.7. The molecule has 0 aliphatic rings. The van der Waals surface area contributed by atoms with E-state index in [4.69, 9.17) is 21.4 Å². The van der Waals surface area contributed by atoms with Crippen LogP contribution in [-0.4, -0.2) is 22.5 Å². The van der Waals surface area contributed by atoms with Crippen molar-refractivity contribution in [1.82, 2.24) is 0 Å². The van der Waals surface area contributed by atoms with Crippen molar-refractivity contribution >= 4 is 34.7 Å². The molecule has 0 spiro atoms. The molecule has 33 heavy (non-hydrogen) atoms. The van der Waals surface area contributed by atoms with Crippen molar-refractivity contribution in [2.24, 2.45) is 0 Å². The summed E-state index contributed by atoms with van der Waals surface area (Å²) in [5.74, 6) is -0.914. The van der Waals surface area contributed by atoms with Crippen molar-refractivity contribution in [2.45, 2.75) is 38.5 Å². The Morgan fingerprint density at radius 2 is 1.70 bits per heavy atom. The molecule has 0 saturated carbocycles. The summed E-state index contributed by atoms with van der Waals surface area (Å²) in [4.78, 5) is 25.0. The number of thiophene rings is 1. The second-order valence-electron chi connectivity index (χ2n) is 7.83. The Balaban J connectivity index is 1.64. The van der Waals surface area contributed by atoms with Crippen LogP contribution in [0.15, 0.2) is 54.6 Å². The van der Waals surface area contributed by atoms with E-state index in [9.17, 15) is 22.8 Å². The molecule has 0 atom stereocenters. The summed E-state index contributed by atoms with van der Waals surface area (Å²) in [6, 6.07) is 13.0. The van der Waals surface area contributed by atoms with Crippen LogP contribution in [0, 0.1) is 0 Å². The van der Waals surface area contributed by atoms with Gasteiger partial charge in [-0.3, -0.25) is 4.79 Å². The number of Topliss-reactive ketones (excluding diaryl/α,β-unsaturated/α-hetero) is 1. The molecule has 0 aliphatic heterocycles.